The molecule has 0 bridgehead atoms. The summed E-state index contributed by atoms with van der Waals surface area (Å²) < 4.78 is 11.2. The van der Waals surface area contributed by atoms with E-state index in [9.17, 15) is 0 Å². The standard InChI is InChI=1S/C16H17ClN2O2/c1-2-20-10-16-18-14(9-15(17)19-16)11-4-3-5-13(8-11)21-12-6-7-12/h3-5,8-9,12H,2,6-7,10H2,1H3. The molecule has 0 saturated heterocycles. The van der Waals surface area contributed by atoms with Crippen LogP contribution in [0.1, 0.15) is 25.6 Å². The molecule has 0 unspecified atom stereocenters. The zero-order valence-corrected chi connectivity index (χ0v) is 12.6. The average molecular weight is 305 g/mol. The number of halogens is 1. The maximum Gasteiger partial charge on any atom is 0.156 e. The van der Waals surface area contributed by atoms with Crippen molar-refractivity contribution in [3.05, 3.63) is 41.3 Å². The SMILES string of the molecule is CCOCc1nc(Cl)cc(-c2cccc(OC3CC3)c2)n1. The van der Waals surface area contributed by atoms with E-state index in [1.165, 1.54) is 0 Å². The molecule has 4 nitrogen and oxygen atoms in total. The molecule has 5 heteroatoms. The minimum absolute atomic E-state index is 0.363. The van der Waals surface area contributed by atoms with Crippen molar-refractivity contribution in [1.29, 1.82) is 0 Å². The largest absolute Gasteiger partial charge is 0.490 e. The minimum atomic E-state index is 0.363. The second-order valence-corrected chi connectivity index (χ2v) is 5.36. The molecule has 1 aliphatic carbocycles. The van der Waals surface area contributed by atoms with Gasteiger partial charge in [0.25, 0.3) is 0 Å². The van der Waals surface area contributed by atoms with Crippen molar-refractivity contribution in [1.82, 2.24) is 9.97 Å². The van der Waals surface area contributed by atoms with Gasteiger partial charge in [-0.3, -0.25) is 0 Å². The van der Waals surface area contributed by atoms with E-state index < -0.39 is 0 Å². The van der Waals surface area contributed by atoms with Crippen molar-refractivity contribution in [2.24, 2.45) is 0 Å². The summed E-state index contributed by atoms with van der Waals surface area (Å²) in [5, 5.41) is 0.420. The fourth-order valence-corrected chi connectivity index (χ4v) is 2.18. The van der Waals surface area contributed by atoms with Crippen LogP contribution >= 0.6 is 11.6 Å². The van der Waals surface area contributed by atoms with Crippen LogP contribution in [0.15, 0.2) is 30.3 Å². The molecule has 0 atom stereocenters. The lowest BCUT2D eigenvalue weighted by Gasteiger charge is -2.08. The van der Waals surface area contributed by atoms with Crippen LogP contribution in [0.3, 0.4) is 0 Å². The second kappa shape index (κ2) is 6.41. The van der Waals surface area contributed by atoms with Crippen LogP contribution in [-0.2, 0) is 11.3 Å². The molecule has 1 aliphatic rings. The van der Waals surface area contributed by atoms with Crippen LogP contribution in [0.4, 0.5) is 0 Å². The second-order valence-electron chi connectivity index (χ2n) is 4.97. The summed E-state index contributed by atoms with van der Waals surface area (Å²) in [4.78, 5) is 8.68. The van der Waals surface area contributed by atoms with Crippen LogP contribution < -0.4 is 4.74 Å². The van der Waals surface area contributed by atoms with Crippen molar-refractivity contribution in [2.75, 3.05) is 6.61 Å². The van der Waals surface area contributed by atoms with Crippen LogP contribution in [0.2, 0.25) is 5.15 Å². The summed E-state index contributed by atoms with van der Waals surface area (Å²) in [5.41, 5.74) is 1.75. The van der Waals surface area contributed by atoms with Gasteiger partial charge in [0.15, 0.2) is 5.82 Å². The van der Waals surface area contributed by atoms with Gasteiger partial charge in [0, 0.05) is 18.2 Å². The summed E-state index contributed by atoms with van der Waals surface area (Å²) >= 11 is 6.08. The van der Waals surface area contributed by atoms with Crippen molar-refractivity contribution < 1.29 is 9.47 Å². The predicted octanol–water partition coefficient (Wildman–Crippen LogP) is 3.87. The lowest BCUT2D eigenvalue weighted by atomic mass is 10.1. The number of aromatic nitrogens is 2. The number of hydrogen-bond donors (Lipinski definition) is 0. The van der Waals surface area contributed by atoms with Gasteiger partial charge in [0.05, 0.1) is 11.8 Å². The molecule has 0 radical (unpaired) electrons. The third-order valence-electron chi connectivity index (χ3n) is 3.13. The first-order chi connectivity index (χ1) is 10.2. The highest BCUT2D eigenvalue weighted by atomic mass is 35.5. The van der Waals surface area contributed by atoms with Crippen molar-refractivity contribution in [3.63, 3.8) is 0 Å². The zero-order chi connectivity index (χ0) is 14.7. The number of rotatable bonds is 6. The summed E-state index contributed by atoms with van der Waals surface area (Å²) in [7, 11) is 0. The Hall–Kier alpha value is -1.65. The molecule has 21 heavy (non-hydrogen) atoms. The van der Waals surface area contributed by atoms with E-state index >= 15 is 0 Å². The highest BCUT2D eigenvalue weighted by Gasteiger charge is 2.23. The van der Waals surface area contributed by atoms with Crippen LogP contribution in [0.5, 0.6) is 5.75 Å². The molecule has 2 aromatic rings. The molecule has 1 heterocycles. The Labute approximate surface area is 129 Å². The average Bonchev–Trinajstić information content (AvgIpc) is 3.29. The third kappa shape index (κ3) is 3.93. The van der Waals surface area contributed by atoms with Crippen molar-refractivity contribution in [3.8, 4) is 17.0 Å². The first-order valence-electron chi connectivity index (χ1n) is 7.13. The summed E-state index contributed by atoms with van der Waals surface area (Å²) in [6.45, 7) is 2.92. The predicted molar refractivity (Wildman–Crippen MR) is 81.5 cm³/mol. The van der Waals surface area contributed by atoms with E-state index in [0.717, 1.165) is 29.8 Å². The minimum Gasteiger partial charge on any atom is -0.490 e. The Morgan fingerprint density at radius 3 is 2.86 bits per heavy atom. The van der Waals surface area contributed by atoms with Gasteiger partial charge >= 0.3 is 0 Å². The van der Waals surface area contributed by atoms with Gasteiger partial charge in [-0.15, -0.1) is 0 Å². The number of hydrogen-bond acceptors (Lipinski definition) is 4. The summed E-state index contributed by atoms with van der Waals surface area (Å²) in [6.07, 6.45) is 2.66. The van der Waals surface area contributed by atoms with Crippen molar-refractivity contribution >= 4 is 11.6 Å². The molecule has 3 rings (SSSR count). The van der Waals surface area contributed by atoms with Gasteiger partial charge in [-0.2, -0.15) is 0 Å². The van der Waals surface area contributed by atoms with Gasteiger partial charge in [-0.25, -0.2) is 9.97 Å². The third-order valence-corrected chi connectivity index (χ3v) is 3.33. The van der Waals surface area contributed by atoms with E-state index in [0.29, 0.717) is 30.3 Å². The fourth-order valence-electron chi connectivity index (χ4n) is 1.98. The van der Waals surface area contributed by atoms with Gasteiger partial charge < -0.3 is 9.47 Å². The topological polar surface area (TPSA) is 44.2 Å². The smallest absolute Gasteiger partial charge is 0.156 e. The van der Waals surface area contributed by atoms with Crippen LogP contribution in [-0.4, -0.2) is 22.7 Å². The van der Waals surface area contributed by atoms with E-state index in [4.69, 9.17) is 21.1 Å². The number of ether oxygens (including phenoxy) is 2. The summed E-state index contributed by atoms with van der Waals surface area (Å²) in [5.74, 6) is 1.46. The Kier molecular flexibility index (Phi) is 4.36. The van der Waals surface area contributed by atoms with E-state index in [1.807, 2.05) is 31.2 Å². The Balaban J connectivity index is 1.85. The van der Waals surface area contributed by atoms with Gasteiger partial charge in [0.1, 0.15) is 17.5 Å². The molecule has 0 aliphatic heterocycles. The van der Waals surface area contributed by atoms with Gasteiger partial charge in [-0.1, -0.05) is 23.7 Å². The lowest BCUT2D eigenvalue weighted by Crippen LogP contribution is -2.01. The highest BCUT2D eigenvalue weighted by Crippen LogP contribution is 2.29. The van der Waals surface area contributed by atoms with Crippen LogP contribution in [0, 0.1) is 0 Å². The number of nitrogens with zero attached hydrogens (tertiary/aromatic N) is 2. The molecule has 0 N–H and O–H groups in total. The molecule has 0 spiro atoms. The normalized spacial score (nSPS) is 14.2. The van der Waals surface area contributed by atoms with E-state index in [1.54, 1.807) is 6.07 Å². The molecule has 1 aromatic heterocycles. The Bertz CT molecular complexity index is 629. The first kappa shape index (κ1) is 14.3. The van der Waals surface area contributed by atoms with Gasteiger partial charge in [0.2, 0.25) is 0 Å². The van der Waals surface area contributed by atoms with Crippen molar-refractivity contribution in [2.45, 2.75) is 32.5 Å². The molecular formula is C16H17ClN2O2. The quantitative estimate of drug-likeness (QED) is 0.760. The zero-order valence-electron chi connectivity index (χ0n) is 11.9. The molecule has 0 amide bonds. The van der Waals surface area contributed by atoms with E-state index in [-0.39, 0.29) is 0 Å². The first-order valence-corrected chi connectivity index (χ1v) is 7.50. The maximum atomic E-state index is 6.08. The van der Waals surface area contributed by atoms with Crippen LogP contribution in [0.25, 0.3) is 11.3 Å². The molecule has 1 fully saturated rings. The molecule has 1 saturated carbocycles. The molecule has 1 aromatic carbocycles. The fraction of sp³-hybridized carbons (Fsp3) is 0.375. The molecule has 110 valence electrons. The monoisotopic (exact) mass is 304 g/mol. The Morgan fingerprint density at radius 2 is 2.10 bits per heavy atom. The number of benzene rings is 1. The highest BCUT2D eigenvalue weighted by molar-refractivity contribution is 6.29. The van der Waals surface area contributed by atoms with Gasteiger partial charge in [-0.05, 0) is 31.9 Å². The van der Waals surface area contributed by atoms with E-state index in [2.05, 4.69) is 9.97 Å². The Morgan fingerprint density at radius 1 is 1.24 bits per heavy atom. The molecular weight excluding hydrogens is 288 g/mol. The maximum absolute atomic E-state index is 6.08. The lowest BCUT2D eigenvalue weighted by molar-refractivity contribution is 0.128. The summed E-state index contributed by atoms with van der Waals surface area (Å²) in [6, 6.07) is 9.66.